The van der Waals surface area contributed by atoms with Crippen LogP contribution in [0.2, 0.25) is 5.02 Å². The molecule has 2 N–H and O–H groups in total. The number of nitrogen functional groups attached to an aromatic ring is 1. The molecule has 0 aliphatic heterocycles. The first-order valence-electron chi connectivity index (χ1n) is 6.79. The van der Waals surface area contributed by atoms with Gasteiger partial charge in [-0.3, -0.25) is 4.79 Å². The van der Waals surface area contributed by atoms with Gasteiger partial charge in [0.2, 0.25) is 0 Å². The molecule has 0 amide bonds. The van der Waals surface area contributed by atoms with E-state index in [1.165, 1.54) is 7.11 Å². The molecule has 3 rings (SSSR count). The second-order valence-electron chi connectivity index (χ2n) is 5.22. The zero-order valence-electron chi connectivity index (χ0n) is 12.2. The first-order valence-corrected chi connectivity index (χ1v) is 7.16. The Kier molecular flexibility index (Phi) is 3.77. The Morgan fingerprint density at radius 3 is 2.74 bits per heavy atom. The highest BCUT2D eigenvalue weighted by Crippen LogP contribution is 2.34. The third-order valence-corrected chi connectivity index (χ3v) is 4.13. The Labute approximate surface area is 136 Å². The normalized spacial score (nSPS) is 13.1. The van der Waals surface area contributed by atoms with Crippen LogP contribution < -0.4 is 5.73 Å². The number of Topliss-reactive ketones (excluding diaryl/α,β-unsaturated/α-hetero) is 1. The third-order valence-electron chi connectivity index (χ3n) is 3.75. The molecule has 1 aromatic heterocycles. The number of hydrogen-bond donors (Lipinski definition) is 1. The van der Waals surface area contributed by atoms with Crippen LogP contribution in [-0.4, -0.2) is 23.8 Å². The maximum absolute atomic E-state index is 14.4. The number of nitrogens with zero attached hydrogens (tertiary/aromatic N) is 1. The number of benzene rings is 1. The minimum Gasteiger partial charge on any atom is -0.464 e. The van der Waals surface area contributed by atoms with Gasteiger partial charge in [0.15, 0.2) is 11.5 Å². The van der Waals surface area contributed by atoms with Crippen molar-refractivity contribution < 1.29 is 18.7 Å². The summed E-state index contributed by atoms with van der Waals surface area (Å²) in [4.78, 5) is 27.2. The van der Waals surface area contributed by atoms with Gasteiger partial charge < -0.3 is 10.5 Å². The zero-order chi connectivity index (χ0) is 16.7. The fraction of sp³-hybridized carbons (Fsp3) is 0.188. The van der Waals surface area contributed by atoms with Gasteiger partial charge in [0.1, 0.15) is 11.5 Å². The van der Waals surface area contributed by atoms with Crippen LogP contribution in [-0.2, 0) is 22.4 Å². The number of rotatable bonds is 2. The highest BCUT2D eigenvalue weighted by molar-refractivity contribution is 6.35. The van der Waals surface area contributed by atoms with E-state index in [4.69, 9.17) is 17.3 Å². The second kappa shape index (κ2) is 5.62. The van der Waals surface area contributed by atoms with Crippen LogP contribution >= 0.6 is 11.6 Å². The molecule has 5 nitrogen and oxygen atoms in total. The van der Waals surface area contributed by atoms with Gasteiger partial charge in [0.25, 0.3) is 0 Å². The largest absolute Gasteiger partial charge is 0.464 e. The Morgan fingerprint density at radius 1 is 1.35 bits per heavy atom. The van der Waals surface area contributed by atoms with Gasteiger partial charge in [-0.25, -0.2) is 14.2 Å². The first-order chi connectivity index (χ1) is 10.9. The van der Waals surface area contributed by atoms with Crippen molar-refractivity contribution in [2.24, 2.45) is 0 Å². The van der Waals surface area contributed by atoms with Crippen molar-refractivity contribution in [3.05, 3.63) is 45.9 Å². The number of ether oxygens (including phenoxy) is 1. The fourth-order valence-corrected chi connectivity index (χ4v) is 2.78. The van der Waals surface area contributed by atoms with Gasteiger partial charge >= 0.3 is 5.97 Å². The average molecular weight is 335 g/mol. The number of aromatic nitrogens is 1. The quantitative estimate of drug-likeness (QED) is 0.853. The minimum absolute atomic E-state index is 0.102. The Morgan fingerprint density at radius 2 is 2.04 bits per heavy atom. The van der Waals surface area contributed by atoms with E-state index in [2.05, 4.69) is 9.72 Å². The number of pyridine rings is 1. The molecule has 1 aromatic carbocycles. The van der Waals surface area contributed by atoms with E-state index in [-0.39, 0.29) is 27.9 Å². The van der Waals surface area contributed by atoms with Crippen LogP contribution in [0.5, 0.6) is 0 Å². The van der Waals surface area contributed by atoms with Crippen LogP contribution in [0, 0.1) is 5.82 Å². The van der Waals surface area contributed by atoms with Crippen molar-refractivity contribution >= 4 is 29.0 Å². The Hall–Kier alpha value is -2.47. The van der Waals surface area contributed by atoms with Crippen molar-refractivity contribution in [3.63, 3.8) is 0 Å². The number of fused-ring (bicyclic) bond motifs is 1. The lowest BCUT2D eigenvalue weighted by Gasteiger charge is -2.11. The number of hydrogen-bond acceptors (Lipinski definition) is 5. The van der Waals surface area contributed by atoms with Crippen LogP contribution in [0.1, 0.15) is 21.6 Å². The van der Waals surface area contributed by atoms with Crippen molar-refractivity contribution in [3.8, 4) is 11.3 Å². The highest BCUT2D eigenvalue weighted by Gasteiger charge is 2.24. The molecule has 118 valence electrons. The number of methoxy groups -OCH3 is 1. The third kappa shape index (κ3) is 2.55. The topological polar surface area (TPSA) is 82.3 Å². The van der Waals surface area contributed by atoms with Crippen molar-refractivity contribution in [1.29, 1.82) is 0 Å². The maximum Gasteiger partial charge on any atom is 0.358 e. The summed E-state index contributed by atoms with van der Waals surface area (Å²) in [6.07, 6.45) is 0.680. The number of esters is 1. The predicted octanol–water partition coefficient (Wildman–Crippen LogP) is 2.58. The molecule has 0 saturated carbocycles. The number of nitrogens with two attached hydrogens (primary N) is 1. The Balaban J connectivity index is 2.17. The fourth-order valence-electron chi connectivity index (χ4n) is 2.58. The van der Waals surface area contributed by atoms with Gasteiger partial charge in [0.05, 0.1) is 17.8 Å². The van der Waals surface area contributed by atoms with E-state index in [0.717, 1.165) is 11.1 Å². The maximum atomic E-state index is 14.4. The molecule has 1 aliphatic rings. The van der Waals surface area contributed by atoms with Gasteiger partial charge in [-0.1, -0.05) is 23.7 Å². The summed E-state index contributed by atoms with van der Waals surface area (Å²) in [6.45, 7) is 0. The standard InChI is InChI=1S/C16H12ClFN2O3/c1-23-16(22)15-11(17)13(19)12(18)14(20-15)8-3-2-7-5-10(21)6-9(7)4-8/h2-4H,5-6H2,1H3,(H2,19,20). The molecule has 23 heavy (non-hydrogen) atoms. The molecule has 0 radical (unpaired) electrons. The van der Waals surface area contributed by atoms with Crippen molar-refractivity contribution in [2.45, 2.75) is 12.8 Å². The summed E-state index contributed by atoms with van der Waals surface area (Å²) in [5.41, 5.74) is 7.07. The van der Waals surface area contributed by atoms with E-state index in [1.54, 1.807) is 18.2 Å². The molecule has 1 heterocycles. The monoisotopic (exact) mass is 334 g/mol. The molecule has 0 fully saturated rings. The van der Waals surface area contributed by atoms with Crippen molar-refractivity contribution in [1.82, 2.24) is 4.98 Å². The zero-order valence-corrected chi connectivity index (χ0v) is 12.9. The molecular weight excluding hydrogens is 323 g/mol. The number of carbonyl (C=O) groups excluding carboxylic acids is 2. The summed E-state index contributed by atoms with van der Waals surface area (Å²) in [5, 5.41) is -0.283. The SMILES string of the molecule is COC(=O)c1nc(-c2ccc3c(c2)CC(=O)C3)c(F)c(N)c1Cl. The van der Waals surface area contributed by atoms with Crippen LogP contribution in [0.15, 0.2) is 18.2 Å². The minimum atomic E-state index is -0.813. The molecule has 7 heteroatoms. The summed E-state index contributed by atoms with van der Waals surface area (Å²) in [5.74, 6) is -1.51. The molecule has 0 saturated heterocycles. The van der Waals surface area contributed by atoms with E-state index in [1.807, 2.05) is 0 Å². The predicted molar refractivity (Wildman–Crippen MR) is 82.8 cm³/mol. The van der Waals surface area contributed by atoms with Gasteiger partial charge in [-0.05, 0) is 17.2 Å². The van der Waals surface area contributed by atoms with Crippen molar-refractivity contribution in [2.75, 3.05) is 12.8 Å². The number of ketones is 1. The second-order valence-corrected chi connectivity index (χ2v) is 5.60. The summed E-state index contributed by atoms with van der Waals surface area (Å²) in [7, 11) is 1.17. The number of carbonyl (C=O) groups is 2. The van der Waals surface area contributed by atoms with Crippen LogP contribution in [0.3, 0.4) is 0 Å². The number of halogens is 2. The smallest absolute Gasteiger partial charge is 0.358 e. The molecular formula is C16H12ClFN2O3. The molecule has 0 bridgehead atoms. The van der Waals surface area contributed by atoms with E-state index in [9.17, 15) is 14.0 Å². The molecule has 2 aromatic rings. The van der Waals surface area contributed by atoms with Crippen LogP contribution in [0.4, 0.5) is 10.1 Å². The molecule has 0 spiro atoms. The van der Waals surface area contributed by atoms with E-state index in [0.29, 0.717) is 18.4 Å². The van der Waals surface area contributed by atoms with E-state index < -0.39 is 11.8 Å². The first kappa shape index (κ1) is 15.4. The molecule has 0 unspecified atom stereocenters. The van der Waals surface area contributed by atoms with Gasteiger partial charge in [-0.2, -0.15) is 0 Å². The summed E-state index contributed by atoms with van der Waals surface area (Å²) >= 11 is 5.87. The van der Waals surface area contributed by atoms with Crippen LogP contribution in [0.25, 0.3) is 11.3 Å². The van der Waals surface area contributed by atoms with Gasteiger partial charge in [-0.15, -0.1) is 0 Å². The highest BCUT2D eigenvalue weighted by atomic mass is 35.5. The summed E-state index contributed by atoms with van der Waals surface area (Å²) < 4.78 is 19.0. The van der Waals surface area contributed by atoms with E-state index >= 15 is 0 Å². The summed E-state index contributed by atoms with van der Waals surface area (Å²) in [6, 6.07) is 5.07. The molecule has 1 aliphatic carbocycles. The Bertz CT molecular complexity index is 852. The lowest BCUT2D eigenvalue weighted by atomic mass is 10.0. The molecule has 0 atom stereocenters. The van der Waals surface area contributed by atoms with Gasteiger partial charge in [0, 0.05) is 18.4 Å². The lowest BCUT2D eigenvalue weighted by Crippen LogP contribution is -2.10. The lowest BCUT2D eigenvalue weighted by molar-refractivity contribution is -0.117. The average Bonchev–Trinajstić information content (AvgIpc) is 2.91. The number of anilines is 1.